The molecule has 206 valence electrons. The first-order chi connectivity index (χ1) is 17.1. The van der Waals surface area contributed by atoms with E-state index in [-0.39, 0.29) is 23.9 Å². The maximum Gasteiger partial charge on any atom is 0.498 e. The van der Waals surface area contributed by atoms with Crippen LogP contribution in [0.5, 0.6) is 0 Å². The fourth-order valence-electron chi connectivity index (χ4n) is 4.40. The molecule has 11 heteroatoms. The fourth-order valence-corrected chi connectivity index (χ4v) is 4.40. The molecule has 3 N–H and O–H groups in total. The van der Waals surface area contributed by atoms with Crippen molar-refractivity contribution in [3.8, 4) is 0 Å². The number of alkyl carbamates (subject to hydrolysis) is 1. The third-order valence-corrected chi connectivity index (χ3v) is 7.23. The van der Waals surface area contributed by atoms with Crippen molar-refractivity contribution in [3.63, 3.8) is 0 Å². The summed E-state index contributed by atoms with van der Waals surface area (Å²) in [4.78, 5) is 34.5. The molecule has 1 saturated heterocycles. The highest BCUT2D eigenvalue weighted by Crippen LogP contribution is 2.36. The second-order valence-electron chi connectivity index (χ2n) is 12.4. The van der Waals surface area contributed by atoms with Crippen molar-refractivity contribution in [2.45, 2.75) is 123 Å². The lowest BCUT2D eigenvalue weighted by atomic mass is 9.81. The van der Waals surface area contributed by atoms with E-state index in [1.54, 1.807) is 33.2 Å². The van der Waals surface area contributed by atoms with Gasteiger partial charge in [-0.05, 0) is 67.2 Å². The Balaban J connectivity index is 1.62. The number of amides is 2. The summed E-state index contributed by atoms with van der Waals surface area (Å²) in [5.41, 5.74) is -0.758. The summed E-state index contributed by atoms with van der Waals surface area (Å²) in [6.45, 7) is 17.2. The molecule has 1 aromatic rings. The summed E-state index contributed by atoms with van der Waals surface area (Å²) in [5.74, 6) is 0.156. The summed E-state index contributed by atoms with van der Waals surface area (Å²) in [5, 5.41) is 9.27. The van der Waals surface area contributed by atoms with Crippen LogP contribution in [0, 0.1) is 5.92 Å². The topological polar surface area (TPSA) is 124 Å². The van der Waals surface area contributed by atoms with Crippen molar-refractivity contribution in [1.82, 2.24) is 20.6 Å². The highest BCUT2D eigenvalue weighted by atomic mass is 16.7. The van der Waals surface area contributed by atoms with Crippen molar-refractivity contribution in [2.75, 3.05) is 5.32 Å². The van der Waals surface area contributed by atoms with Gasteiger partial charge in [0.1, 0.15) is 11.6 Å². The molecule has 37 heavy (non-hydrogen) atoms. The van der Waals surface area contributed by atoms with Gasteiger partial charge in [-0.25, -0.2) is 14.8 Å². The zero-order chi connectivity index (χ0) is 27.6. The number of nitrogens with one attached hydrogen (secondary N) is 3. The Morgan fingerprint density at radius 3 is 2.08 bits per heavy atom. The summed E-state index contributed by atoms with van der Waals surface area (Å²) < 4.78 is 17.5. The molecule has 0 bridgehead atoms. The Hall–Kier alpha value is -2.40. The Kier molecular flexibility index (Phi) is 8.79. The van der Waals surface area contributed by atoms with Crippen molar-refractivity contribution < 1.29 is 23.6 Å². The third kappa shape index (κ3) is 7.57. The summed E-state index contributed by atoms with van der Waals surface area (Å²) in [7, 11) is -0.522. The lowest BCUT2D eigenvalue weighted by Crippen LogP contribution is -2.56. The van der Waals surface area contributed by atoms with E-state index in [0.717, 1.165) is 31.1 Å². The van der Waals surface area contributed by atoms with Gasteiger partial charge in [-0.15, -0.1) is 0 Å². The molecule has 0 spiro atoms. The van der Waals surface area contributed by atoms with E-state index < -0.39 is 36.1 Å². The number of anilines is 1. The van der Waals surface area contributed by atoms with E-state index in [1.807, 2.05) is 41.5 Å². The second kappa shape index (κ2) is 11.1. The molecular formula is C26H44BN5O5. The highest BCUT2D eigenvalue weighted by Gasteiger charge is 2.52. The van der Waals surface area contributed by atoms with Gasteiger partial charge in [0.15, 0.2) is 0 Å². The minimum atomic E-state index is -0.701. The molecular weight excluding hydrogens is 473 g/mol. The van der Waals surface area contributed by atoms with E-state index in [9.17, 15) is 9.59 Å². The maximum atomic E-state index is 13.2. The van der Waals surface area contributed by atoms with Gasteiger partial charge in [-0.1, -0.05) is 26.7 Å². The number of aromatic nitrogens is 2. The summed E-state index contributed by atoms with van der Waals surface area (Å²) in [6, 6.07) is -0.850. The van der Waals surface area contributed by atoms with Crippen molar-refractivity contribution in [3.05, 3.63) is 12.4 Å². The summed E-state index contributed by atoms with van der Waals surface area (Å²) >= 11 is 0. The minimum absolute atomic E-state index is 0.0327. The third-order valence-electron chi connectivity index (χ3n) is 7.23. The molecule has 3 unspecified atom stereocenters. The van der Waals surface area contributed by atoms with Crippen LogP contribution in [0.15, 0.2) is 12.4 Å². The monoisotopic (exact) mass is 517 g/mol. The van der Waals surface area contributed by atoms with Crippen molar-refractivity contribution >= 4 is 30.5 Å². The van der Waals surface area contributed by atoms with Gasteiger partial charge in [0.05, 0.1) is 11.2 Å². The quantitative estimate of drug-likeness (QED) is 0.472. The number of rotatable bonds is 7. The maximum absolute atomic E-state index is 13.2. The molecule has 10 nitrogen and oxygen atoms in total. The van der Waals surface area contributed by atoms with Crippen LogP contribution < -0.4 is 21.4 Å². The molecule has 3 rings (SSSR count). The van der Waals surface area contributed by atoms with Crippen LogP contribution in [0.25, 0.3) is 0 Å². The lowest BCUT2D eigenvalue weighted by molar-refractivity contribution is -0.125. The molecule has 1 aromatic heterocycles. The Bertz CT molecular complexity index is 932. The number of nitrogens with zero attached hydrogens (tertiary/aromatic N) is 2. The van der Waals surface area contributed by atoms with E-state index in [2.05, 4.69) is 25.9 Å². The fraction of sp³-hybridized carbons (Fsp3) is 0.769. The minimum Gasteiger partial charge on any atom is -0.444 e. The first kappa shape index (κ1) is 29.2. The second-order valence-corrected chi connectivity index (χ2v) is 12.4. The van der Waals surface area contributed by atoms with Gasteiger partial charge in [0, 0.05) is 29.9 Å². The molecule has 0 radical (unpaired) electrons. The van der Waals surface area contributed by atoms with Crippen LogP contribution in [0.1, 0.15) is 88.0 Å². The molecule has 1 aliphatic carbocycles. The zero-order valence-electron chi connectivity index (χ0n) is 23.8. The number of ether oxygens (including phenoxy) is 1. The van der Waals surface area contributed by atoms with Crippen molar-refractivity contribution in [2.24, 2.45) is 5.92 Å². The van der Waals surface area contributed by atoms with Gasteiger partial charge >= 0.3 is 13.2 Å². The van der Waals surface area contributed by atoms with Gasteiger partial charge in [-0.3, -0.25) is 4.79 Å². The first-order valence-electron chi connectivity index (χ1n) is 13.3. The van der Waals surface area contributed by atoms with Crippen LogP contribution in [0.4, 0.5) is 10.7 Å². The lowest BCUT2D eigenvalue weighted by Gasteiger charge is -2.34. The van der Waals surface area contributed by atoms with Crippen LogP contribution in [-0.2, 0) is 18.8 Å². The first-order valence-corrected chi connectivity index (χ1v) is 13.3. The van der Waals surface area contributed by atoms with E-state index in [1.165, 1.54) is 0 Å². The largest absolute Gasteiger partial charge is 0.498 e. The van der Waals surface area contributed by atoms with Crippen LogP contribution in [-0.4, -0.2) is 64.0 Å². The Labute approximate surface area is 221 Å². The average Bonchev–Trinajstić information content (AvgIpc) is 2.99. The number of carbonyl (C=O) groups is 2. The van der Waals surface area contributed by atoms with Gasteiger partial charge in [0.25, 0.3) is 0 Å². The van der Waals surface area contributed by atoms with Gasteiger partial charge in [-0.2, -0.15) is 0 Å². The van der Waals surface area contributed by atoms with Gasteiger partial charge in [0.2, 0.25) is 11.9 Å². The molecule has 2 heterocycles. The highest BCUT2D eigenvalue weighted by molar-refractivity contribution is 6.61. The smallest absolute Gasteiger partial charge is 0.444 e. The van der Waals surface area contributed by atoms with Crippen LogP contribution in [0.3, 0.4) is 0 Å². The average molecular weight is 517 g/mol. The van der Waals surface area contributed by atoms with Gasteiger partial charge < -0.3 is 30.0 Å². The predicted octanol–water partition coefficient (Wildman–Crippen LogP) is 3.16. The molecule has 3 atom stereocenters. The zero-order valence-corrected chi connectivity index (χ0v) is 23.8. The molecule has 1 aliphatic heterocycles. The molecule has 2 aliphatic rings. The number of hydrogen-bond acceptors (Lipinski definition) is 8. The number of hydrogen-bond donors (Lipinski definition) is 3. The predicted molar refractivity (Wildman–Crippen MR) is 144 cm³/mol. The molecule has 0 aromatic carbocycles. The summed E-state index contributed by atoms with van der Waals surface area (Å²) in [6.07, 6.45) is 6.58. The van der Waals surface area contributed by atoms with Crippen LogP contribution in [0.2, 0.25) is 0 Å². The van der Waals surface area contributed by atoms with Crippen molar-refractivity contribution in [1.29, 1.82) is 0 Å². The molecule has 2 fully saturated rings. The molecule has 1 saturated carbocycles. The molecule has 2 amide bonds. The Morgan fingerprint density at radius 2 is 1.57 bits per heavy atom. The normalized spacial score (nSPS) is 23.9. The number of carbonyl (C=O) groups excluding carboxylic acids is 2. The SMILES string of the molecule is CC(C)C(NC(=O)OC(C)(C)C)C(=O)NC1CCCCC1Nc1ncc(B2OC(C)(C)C(C)(C)O2)cn1. The van der Waals surface area contributed by atoms with E-state index >= 15 is 0 Å². The van der Waals surface area contributed by atoms with E-state index in [4.69, 9.17) is 14.0 Å². The van der Waals surface area contributed by atoms with Crippen LogP contribution >= 0.6 is 0 Å². The Morgan fingerprint density at radius 1 is 1.03 bits per heavy atom. The standard InChI is InChI=1S/C26H44BN5O5/c1-16(2)20(32-23(34)35-24(3,4)5)21(33)30-18-12-10-11-13-19(18)31-22-28-14-17(15-29-22)27-36-25(6,7)26(8,9)37-27/h14-16,18-20H,10-13H2,1-9H3,(H,30,33)(H,32,34)(H,28,29,31). The van der Waals surface area contributed by atoms with E-state index in [0.29, 0.717) is 5.95 Å².